The molecule has 2 amide bonds. The second kappa shape index (κ2) is 7.95. The van der Waals surface area contributed by atoms with Crippen LogP contribution in [0.2, 0.25) is 0 Å². The third-order valence-electron chi connectivity index (χ3n) is 6.36. The van der Waals surface area contributed by atoms with Gasteiger partial charge >= 0.3 is 5.97 Å². The molecule has 29 heavy (non-hydrogen) atoms. The van der Waals surface area contributed by atoms with E-state index in [0.29, 0.717) is 5.56 Å². The molecule has 4 rings (SSSR count). The van der Waals surface area contributed by atoms with E-state index < -0.39 is 5.97 Å². The summed E-state index contributed by atoms with van der Waals surface area (Å²) in [6.07, 6.45) is 0.762. The number of nitrogens with zero attached hydrogens (tertiary/aromatic N) is 1. The van der Waals surface area contributed by atoms with Gasteiger partial charge in [0.2, 0.25) is 11.8 Å². The van der Waals surface area contributed by atoms with Gasteiger partial charge < -0.3 is 4.74 Å². The Morgan fingerprint density at radius 3 is 2.14 bits per heavy atom. The number of hydrogen-bond acceptors (Lipinski definition) is 5. The number of esters is 1. The van der Waals surface area contributed by atoms with E-state index in [4.69, 9.17) is 4.74 Å². The number of halogens is 2. The van der Waals surface area contributed by atoms with Crippen LogP contribution in [0.1, 0.15) is 28.8 Å². The summed E-state index contributed by atoms with van der Waals surface area (Å²) in [6, 6.07) is 7.01. The molecule has 1 aliphatic heterocycles. The Balaban J connectivity index is 1.30. The van der Waals surface area contributed by atoms with Crippen molar-refractivity contribution in [3.05, 3.63) is 35.4 Å². The number of ketones is 1. The average molecular weight is 527 g/mol. The highest BCUT2D eigenvalue weighted by Gasteiger charge is 2.66. The van der Waals surface area contributed by atoms with Gasteiger partial charge in [-0.1, -0.05) is 61.7 Å². The quantitative estimate of drug-likeness (QED) is 0.246. The van der Waals surface area contributed by atoms with Gasteiger partial charge in [-0.2, -0.15) is 0 Å². The summed E-state index contributed by atoms with van der Waals surface area (Å²) in [5.74, 6) is -1.52. The molecule has 0 radical (unpaired) electrons. The van der Waals surface area contributed by atoms with E-state index in [1.54, 1.807) is 12.1 Å². The molecule has 6 atom stereocenters. The minimum absolute atomic E-state index is 0.00155. The number of rotatable bonds is 6. The van der Waals surface area contributed by atoms with E-state index in [-0.39, 0.29) is 70.5 Å². The molecule has 6 nitrogen and oxygen atoms in total. The summed E-state index contributed by atoms with van der Waals surface area (Å²) in [5, 5.41) is 0. The van der Waals surface area contributed by atoms with Crippen molar-refractivity contribution in [1.82, 2.24) is 4.90 Å². The second-order valence-corrected chi connectivity index (χ2v) is 10.1. The Kier molecular flexibility index (Phi) is 5.68. The molecule has 0 aromatic heterocycles. The third-order valence-corrected chi connectivity index (χ3v) is 9.56. The van der Waals surface area contributed by atoms with E-state index in [0.717, 1.165) is 12.0 Å². The smallest absolute Gasteiger partial charge is 0.308 e. The molecule has 0 spiro atoms. The lowest BCUT2D eigenvalue weighted by Crippen LogP contribution is -2.37. The van der Waals surface area contributed by atoms with E-state index in [2.05, 4.69) is 31.9 Å². The topological polar surface area (TPSA) is 80.8 Å². The van der Waals surface area contributed by atoms with Gasteiger partial charge in [0.25, 0.3) is 0 Å². The lowest BCUT2D eigenvalue weighted by Gasteiger charge is -2.28. The van der Waals surface area contributed by atoms with Gasteiger partial charge in [0.15, 0.2) is 12.4 Å². The molecular formula is C21H21Br2NO5. The number of fused-ring (bicyclic) bond motifs is 5. The minimum atomic E-state index is -0.595. The fourth-order valence-electron chi connectivity index (χ4n) is 4.88. The van der Waals surface area contributed by atoms with Gasteiger partial charge in [-0.3, -0.25) is 24.1 Å². The highest BCUT2D eigenvalue weighted by Crippen LogP contribution is 2.60. The number of carbonyl (C=O) groups is 4. The van der Waals surface area contributed by atoms with Crippen molar-refractivity contribution in [1.29, 1.82) is 0 Å². The fourth-order valence-corrected chi connectivity index (χ4v) is 6.75. The first-order valence-corrected chi connectivity index (χ1v) is 11.5. The first kappa shape index (κ1) is 20.7. The second-order valence-electron chi connectivity index (χ2n) is 8.03. The van der Waals surface area contributed by atoms with Gasteiger partial charge in [0, 0.05) is 21.8 Å². The Labute approximate surface area is 185 Å². The minimum Gasteiger partial charge on any atom is -0.457 e. The molecule has 8 heteroatoms. The summed E-state index contributed by atoms with van der Waals surface area (Å²) in [7, 11) is 0. The third kappa shape index (κ3) is 3.58. The largest absolute Gasteiger partial charge is 0.457 e. The van der Waals surface area contributed by atoms with Crippen molar-refractivity contribution in [3.63, 3.8) is 0 Å². The number of aryl methyl sites for hydroxylation is 1. The van der Waals surface area contributed by atoms with Crippen LogP contribution in [0.5, 0.6) is 0 Å². The van der Waals surface area contributed by atoms with Crippen LogP contribution in [-0.4, -0.2) is 51.3 Å². The number of Topliss-reactive ketones (excluding diaryl/α,β-unsaturated/α-hetero) is 1. The van der Waals surface area contributed by atoms with Gasteiger partial charge in [0.1, 0.15) is 0 Å². The molecule has 0 N–H and O–H groups in total. The van der Waals surface area contributed by atoms with Crippen LogP contribution >= 0.6 is 31.9 Å². The summed E-state index contributed by atoms with van der Waals surface area (Å²) >= 11 is 7.30. The Hall–Kier alpha value is -1.54. The van der Waals surface area contributed by atoms with Crippen LogP contribution < -0.4 is 0 Å². The van der Waals surface area contributed by atoms with E-state index in [1.165, 1.54) is 4.90 Å². The fraction of sp³-hybridized carbons (Fsp3) is 0.524. The lowest BCUT2D eigenvalue weighted by atomic mass is 9.81. The predicted octanol–water partition coefficient (Wildman–Crippen LogP) is 2.89. The molecule has 0 unspecified atom stereocenters. The monoisotopic (exact) mass is 525 g/mol. The zero-order valence-electron chi connectivity index (χ0n) is 15.8. The molecule has 3 fully saturated rings. The van der Waals surface area contributed by atoms with Gasteiger partial charge in [-0.05, 0) is 25.2 Å². The first-order chi connectivity index (χ1) is 13.8. The maximum Gasteiger partial charge on any atom is 0.308 e. The van der Waals surface area contributed by atoms with Crippen molar-refractivity contribution in [2.24, 2.45) is 23.7 Å². The number of carbonyl (C=O) groups excluding carboxylic acids is 4. The zero-order valence-corrected chi connectivity index (χ0v) is 19.0. The molecular weight excluding hydrogens is 506 g/mol. The number of imide groups is 1. The molecule has 1 saturated heterocycles. The molecule has 1 heterocycles. The number of ether oxygens (including phenoxy) is 1. The molecule has 154 valence electrons. The van der Waals surface area contributed by atoms with Gasteiger partial charge in [-0.15, -0.1) is 0 Å². The summed E-state index contributed by atoms with van der Waals surface area (Å²) in [6.45, 7) is 1.57. The maximum absolute atomic E-state index is 12.8. The molecule has 2 saturated carbocycles. The zero-order chi connectivity index (χ0) is 20.9. The Morgan fingerprint density at radius 2 is 1.59 bits per heavy atom. The van der Waals surface area contributed by atoms with Crippen molar-refractivity contribution in [2.75, 3.05) is 13.2 Å². The number of benzene rings is 1. The average Bonchev–Trinajstić information content (AvgIpc) is 3.30. The van der Waals surface area contributed by atoms with Crippen LogP contribution in [0.15, 0.2) is 24.3 Å². The number of hydrogen-bond donors (Lipinski definition) is 0. The van der Waals surface area contributed by atoms with Gasteiger partial charge in [0.05, 0.1) is 18.3 Å². The van der Waals surface area contributed by atoms with E-state index >= 15 is 0 Å². The van der Waals surface area contributed by atoms with Crippen molar-refractivity contribution in [2.45, 2.75) is 29.4 Å². The van der Waals surface area contributed by atoms with Crippen LogP contribution in [0.3, 0.4) is 0 Å². The number of likely N-dealkylation sites (tertiary alicyclic amines) is 1. The van der Waals surface area contributed by atoms with E-state index in [1.807, 2.05) is 19.1 Å². The predicted molar refractivity (Wildman–Crippen MR) is 112 cm³/mol. The highest BCUT2D eigenvalue weighted by atomic mass is 79.9. The van der Waals surface area contributed by atoms with Gasteiger partial charge in [-0.25, -0.2) is 0 Å². The Bertz CT molecular complexity index is 838. The van der Waals surface area contributed by atoms with Crippen LogP contribution in [0, 0.1) is 30.6 Å². The van der Waals surface area contributed by atoms with E-state index in [9.17, 15) is 19.2 Å². The van der Waals surface area contributed by atoms with Crippen LogP contribution in [-0.2, 0) is 19.1 Å². The standard InChI is InChI=1S/C21H21Br2NO5/c1-10-2-4-11(5-3-10)14(25)9-29-15(26)6-7-24-20(27)16-12-8-13(17(16)21(24)28)19(23)18(12)22/h2-5,12-13,16-19H,6-9H2,1H3/t12-,13-,16-,17+,18+,19+/m1/s1. The summed E-state index contributed by atoms with van der Waals surface area (Å²) < 4.78 is 5.05. The maximum atomic E-state index is 12.8. The highest BCUT2D eigenvalue weighted by molar-refractivity contribution is 9.12. The SMILES string of the molecule is Cc1ccc(C(=O)COC(=O)CCN2C(=O)[C@@H]3[C@H]4C[C@@H]([C@H](Br)[C@H]4Br)[C@@H]3C2=O)cc1. The van der Waals surface area contributed by atoms with Crippen molar-refractivity contribution >= 4 is 55.4 Å². The Morgan fingerprint density at radius 1 is 1.03 bits per heavy atom. The molecule has 2 aliphatic carbocycles. The number of alkyl halides is 2. The summed E-state index contributed by atoms with van der Waals surface area (Å²) in [5.41, 5.74) is 1.51. The molecule has 2 bridgehead atoms. The van der Waals surface area contributed by atoms with Crippen molar-refractivity contribution in [3.8, 4) is 0 Å². The molecule has 1 aromatic rings. The lowest BCUT2D eigenvalue weighted by molar-refractivity contribution is -0.145. The first-order valence-electron chi connectivity index (χ1n) is 9.68. The van der Waals surface area contributed by atoms with Crippen molar-refractivity contribution < 1.29 is 23.9 Å². The molecule has 1 aromatic carbocycles. The van der Waals surface area contributed by atoms with Crippen LogP contribution in [0.4, 0.5) is 0 Å². The number of amides is 2. The normalized spacial score (nSPS) is 32.6. The molecule has 3 aliphatic rings. The summed E-state index contributed by atoms with van der Waals surface area (Å²) in [4.78, 5) is 51.3. The van der Waals surface area contributed by atoms with Crippen LogP contribution in [0.25, 0.3) is 0 Å².